The molecule has 31 heavy (non-hydrogen) atoms. The Morgan fingerprint density at radius 1 is 0.935 bits per heavy atom. The third kappa shape index (κ3) is 4.18. The minimum Gasteiger partial charge on any atom is -0.493 e. The van der Waals surface area contributed by atoms with Gasteiger partial charge in [-0.3, -0.25) is 4.98 Å². The number of para-hydroxylation sites is 1. The van der Waals surface area contributed by atoms with Crippen LogP contribution in [0.2, 0.25) is 5.02 Å². The van der Waals surface area contributed by atoms with Gasteiger partial charge in [-0.15, -0.1) is 0 Å². The van der Waals surface area contributed by atoms with Gasteiger partial charge in [0.05, 0.1) is 41.7 Å². The molecule has 0 bridgehead atoms. The maximum Gasteiger partial charge on any atom is 0.162 e. The van der Waals surface area contributed by atoms with Crippen LogP contribution in [0.3, 0.4) is 0 Å². The number of pyridine rings is 1. The topological polar surface area (TPSA) is 76.4 Å². The fourth-order valence-corrected chi connectivity index (χ4v) is 3.38. The number of nitrogens with one attached hydrogen (secondary N) is 1. The quantitative estimate of drug-likeness (QED) is 0.385. The molecule has 0 atom stereocenters. The molecule has 0 aliphatic heterocycles. The normalized spacial score (nSPS) is 10.4. The highest BCUT2D eigenvalue weighted by Gasteiger charge is 2.15. The van der Waals surface area contributed by atoms with E-state index in [4.69, 9.17) is 25.8 Å². The van der Waals surface area contributed by atoms with Crippen LogP contribution in [0.5, 0.6) is 23.0 Å². The van der Waals surface area contributed by atoms with E-state index in [9.17, 15) is 5.26 Å². The van der Waals surface area contributed by atoms with Crippen molar-refractivity contribution in [3.05, 3.63) is 77.4 Å². The van der Waals surface area contributed by atoms with E-state index in [-0.39, 0.29) is 0 Å². The highest BCUT2D eigenvalue weighted by Crippen LogP contribution is 2.38. The van der Waals surface area contributed by atoms with Crippen molar-refractivity contribution >= 4 is 33.9 Å². The molecule has 0 amide bonds. The van der Waals surface area contributed by atoms with E-state index in [1.54, 1.807) is 44.6 Å². The second kappa shape index (κ2) is 8.82. The van der Waals surface area contributed by atoms with E-state index in [1.165, 1.54) is 6.20 Å². The summed E-state index contributed by atoms with van der Waals surface area (Å²) in [6, 6.07) is 20.5. The zero-order valence-corrected chi connectivity index (χ0v) is 17.6. The summed E-state index contributed by atoms with van der Waals surface area (Å²) in [6.07, 6.45) is 1.51. The molecule has 6 nitrogen and oxygen atoms in total. The van der Waals surface area contributed by atoms with Crippen LogP contribution in [-0.4, -0.2) is 19.2 Å². The van der Waals surface area contributed by atoms with Crippen LogP contribution in [0.4, 0.5) is 11.4 Å². The summed E-state index contributed by atoms with van der Waals surface area (Å²) in [5.41, 5.74) is 2.23. The Morgan fingerprint density at radius 2 is 1.68 bits per heavy atom. The Hall–Kier alpha value is -3.95. The van der Waals surface area contributed by atoms with E-state index < -0.39 is 0 Å². The number of nitrogens with zero attached hydrogens (tertiary/aromatic N) is 2. The molecule has 0 fully saturated rings. The van der Waals surface area contributed by atoms with Crippen LogP contribution in [0.15, 0.2) is 66.9 Å². The van der Waals surface area contributed by atoms with E-state index in [0.29, 0.717) is 55.9 Å². The van der Waals surface area contributed by atoms with E-state index in [1.807, 2.05) is 30.3 Å². The van der Waals surface area contributed by atoms with Crippen LogP contribution in [0.1, 0.15) is 5.56 Å². The number of ether oxygens (including phenoxy) is 3. The smallest absolute Gasteiger partial charge is 0.162 e. The van der Waals surface area contributed by atoms with Gasteiger partial charge in [-0.25, -0.2) is 0 Å². The molecule has 0 spiro atoms. The third-order valence-electron chi connectivity index (χ3n) is 4.67. The minimum atomic E-state index is 0.375. The van der Waals surface area contributed by atoms with Gasteiger partial charge in [0.15, 0.2) is 11.5 Å². The molecular formula is C24H18ClN3O3. The van der Waals surface area contributed by atoms with Gasteiger partial charge in [-0.2, -0.15) is 5.26 Å². The van der Waals surface area contributed by atoms with Crippen molar-refractivity contribution in [2.24, 2.45) is 0 Å². The van der Waals surface area contributed by atoms with Gasteiger partial charge >= 0.3 is 0 Å². The number of halogens is 1. The maximum atomic E-state index is 9.62. The number of fused-ring (bicyclic) bond motifs is 1. The first kappa shape index (κ1) is 20.3. The Balaban J connectivity index is 1.73. The lowest BCUT2D eigenvalue weighted by Gasteiger charge is -2.15. The molecule has 1 N–H and O–H groups in total. The SMILES string of the molecule is COc1cc2ncc(C#N)c(Nc3ccc(Oc4ccccc4)cc3Cl)c2cc1OC. The van der Waals surface area contributed by atoms with Crippen molar-refractivity contribution in [1.82, 2.24) is 4.98 Å². The summed E-state index contributed by atoms with van der Waals surface area (Å²) in [4.78, 5) is 4.37. The van der Waals surface area contributed by atoms with Gasteiger partial charge in [0.1, 0.15) is 17.6 Å². The zero-order valence-electron chi connectivity index (χ0n) is 16.8. The summed E-state index contributed by atoms with van der Waals surface area (Å²) >= 11 is 6.51. The van der Waals surface area contributed by atoms with Crippen molar-refractivity contribution in [3.8, 4) is 29.1 Å². The lowest BCUT2D eigenvalue weighted by molar-refractivity contribution is 0.356. The number of benzene rings is 3. The second-order valence-electron chi connectivity index (χ2n) is 6.56. The van der Waals surface area contributed by atoms with Gasteiger partial charge in [-0.05, 0) is 30.3 Å². The molecular weight excluding hydrogens is 414 g/mol. The molecule has 0 aliphatic rings. The first-order valence-electron chi connectivity index (χ1n) is 9.37. The number of hydrogen-bond acceptors (Lipinski definition) is 6. The minimum absolute atomic E-state index is 0.375. The lowest BCUT2D eigenvalue weighted by atomic mass is 10.1. The fourth-order valence-electron chi connectivity index (χ4n) is 3.16. The number of methoxy groups -OCH3 is 2. The zero-order chi connectivity index (χ0) is 21.8. The molecule has 7 heteroatoms. The number of anilines is 2. The van der Waals surface area contributed by atoms with Gasteiger partial charge in [-0.1, -0.05) is 29.8 Å². The Labute approximate surface area is 184 Å². The highest BCUT2D eigenvalue weighted by molar-refractivity contribution is 6.33. The number of nitriles is 1. The Bertz CT molecular complexity index is 1290. The summed E-state index contributed by atoms with van der Waals surface area (Å²) in [7, 11) is 3.12. The van der Waals surface area contributed by atoms with E-state index in [2.05, 4.69) is 16.4 Å². The average molecular weight is 432 g/mol. The molecule has 154 valence electrons. The summed E-state index contributed by atoms with van der Waals surface area (Å²) in [5, 5.41) is 14.0. The van der Waals surface area contributed by atoms with Crippen LogP contribution >= 0.6 is 11.6 Å². The monoisotopic (exact) mass is 431 g/mol. The van der Waals surface area contributed by atoms with Crippen LogP contribution < -0.4 is 19.5 Å². The van der Waals surface area contributed by atoms with Crippen molar-refractivity contribution < 1.29 is 14.2 Å². The summed E-state index contributed by atoms with van der Waals surface area (Å²) in [6.45, 7) is 0. The van der Waals surface area contributed by atoms with Crippen molar-refractivity contribution in [1.29, 1.82) is 5.26 Å². The fraction of sp³-hybridized carbons (Fsp3) is 0.0833. The lowest BCUT2D eigenvalue weighted by Crippen LogP contribution is -1.99. The Kier molecular flexibility index (Phi) is 5.78. The molecule has 4 rings (SSSR count). The molecule has 0 aliphatic carbocycles. The molecule has 0 saturated carbocycles. The van der Waals surface area contributed by atoms with Crippen LogP contribution in [0.25, 0.3) is 10.9 Å². The number of hydrogen-bond donors (Lipinski definition) is 1. The number of rotatable bonds is 6. The average Bonchev–Trinajstić information content (AvgIpc) is 2.80. The predicted molar refractivity (Wildman–Crippen MR) is 121 cm³/mol. The molecule has 0 radical (unpaired) electrons. The molecule has 0 saturated heterocycles. The second-order valence-corrected chi connectivity index (χ2v) is 6.97. The van der Waals surface area contributed by atoms with Crippen LogP contribution in [0, 0.1) is 11.3 Å². The molecule has 0 unspecified atom stereocenters. The van der Waals surface area contributed by atoms with Gasteiger partial charge < -0.3 is 19.5 Å². The van der Waals surface area contributed by atoms with Crippen LogP contribution in [-0.2, 0) is 0 Å². The first-order valence-corrected chi connectivity index (χ1v) is 9.75. The van der Waals surface area contributed by atoms with E-state index >= 15 is 0 Å². The van der Waals surface area contributed by atoms with Gasteiger partial charge in [0, 0.05) is 23.7 Å². The standard InChI is InChI=1S/C24H18ClN3O3/c1-29-22-11-18-21(12-23(22)30-2)27-14-15(13-26)24(18)28-20-9-8-17(10-19(20)25)31-16-6-4-3-5-7-16/h3-12,14H,1-2H3,(H,27,28). The molecule has 4 aromatic rings. The summed E-state index contributed by atoms with van der Waals surface area (Å²) in [5.74, 6) is 2.41. The van der Waals surface area contributed by atoms with Gasteiger partial charge in [0.25, 0.3) is 0 Å². The molecule has 3 aromatic carbocycles. The molecule has 1 aromatic heterocycles. The maximum absolute atomic E-state index is 9.62. The van der Waals surface area contributed by atoms with E-state index in [0.717, 1.165) is 0 Å². The predicted octanol–water partition coefficient (Wildman–Crippen LogP) is 6.31. The first-order chi connectivity index (χ1) is 15.1. The number of aromatic nitrogens is 1. The molecule has 1 heterocycles. The van der Waals surface area contributed by atoms with Gasteiger partial charge in [0.2, 0.25) is 0 Å². The summed E-state index contributed by atoms with van der Waals surface area (Å²) < 4.78 is 16.6. The Morgan fingerprint density at radius 3 is 2.35 bits per heavy atom. The largest absolute Gasteiger partial charge is 0.493 e. The van der Waals surface area contributed by atoms with Crippen molar-refractivity contribution in [2.75, 3.05) is 19.5 Å². The van der Waals surface area contributed by atoms with Crippen molar-refractivity contribution in [2.45, 2.75) is 0 Å². The highest BCUT2D eigenvalue weighted by atomic mass is 35.5. The third-order valence-corrected chi connectivity index (χ3v) is 4.99. The van der Waals surface area contributed by atoms with Crippen molar-refractivity contribution in [3.63, 3.8) is 0 Å².